The Morgan fingerprint density at radius 2 is 1.67 bits per heavy atom. The summed E-state index contributed by atoms with van der Waals surface area (Å²) in [4.78, 5) is 0. The third-order valence-corrected chi connectivity index (χ3v) is 20.1. The summed E-state index contributed by atoms with van der Waals surface area (Å²) in [6, 6.07) is 0. The Morgan fingerprint density at radius 1 is 1.17 bits per heavy atom. The zero-order valence-electron chi connectivity index (χ0n) is 9.18. The summed E-state index contributed by atoms with van der Waals surface area (Å²) >= 11 is 0. The van der Waals surface area contributed by atoms with Gasteiger partial charge in [0.25, 0.3) is 0 Å². The summed E-state index contributed by atoms with van der Waals surface area (Å²) in [6.07, 6.45) is 0. The van der Waals surface area contributed by atoms with Gasteiger partial charge in [0.1, 0.15) is 9.76 Å². The standard InChI is InChI=1S/C6H22O2Si4/c1-9-7-11(4)12(5,6)8-10(2)3/h10-11H,9H2,1-6H3. The summed E-state index contributed by atoms with van der Waals surface area (Å²) in [5.41, 5.74) is 0. The number of hydrogen-bond donors (Lipinski definition) is 0. The molecule has 0 aromatic carbocycles. The molecule has 12 heavy (non-hydrogen) atoms. The van der Waals surface area contributed by atoms with Gasteiger partial charge < -0.3 is 8.23 Å². The van der Waals surface area contributed by atoms with Crippen LogP contribution in [0.4, 0.5) is 0 Å². The van der Waals surface area contributed by atoms with Crippen LogP contribution in [0.5, 0.6) is 0 Å². The molecule has 74 valence electrons. The topological polar surface area (TPSA) is 18.5 Å². The largest absolute Gasteiger partial charge is 0.463 e. The average Bonchev–Trinajstić information content (AvgIpc) is 1.85. The lowest BCUT2D eigenvalue weighted by Gasteiger charge is -2.30. The molecular weight excluding hydrogens is 216 g/mol. The molecule has 0 bridgehead atoms. The molecule has 0 saturated carbocycles. The van der Waals surface area contributed by atoms with E-state index in [1.54, 1.807) is 0 Å². The molecule has 6 heteroatoms. The Morgan fingerprint density at radius 3 is 2.00 bits per heavy atom. The van der Waals surface area contributed by atoms with E-state index >= 15 is 0 Å². The fourth-order valence-electron chi connectivity index (χ4n) is 1.15. The normalized spacial score (nSPS) is 16.2. The molecule has 1 unspecified atom stereocenters. The van der Waals surface area contributed by atoms with Gasteiger partial charge in [-0.25, -0.2) is 0 Å². The van der Waals surface area contributed by atoms with Crippen LogP contribution in [0, 0.1) is 0 Å². The van der Waals surface area contributed by atoms with Crippen LogP contribution in [0.2, 0.25) is 39.3 Å². The van der Waals surface area contributed by atoms with Crippen molar-refractivity contribution in [3.63, 3.8) is 0 Å². The van der Waals surface area contributed by atoms with Crippen LogP contribution in [0.15, 0.2) is 0 Å². The summed E-state index contributed by atoms with van der Waals surface area (Å²) in [5.74, 6) is 0. The predicted octanol–water partition coefficient (Wildman–Crippen LogP) is 0.772. The van der Waals surface area contributed by atoms with E-state index in [0.717, 1.165) is 0 Å². The Labute approximate surface area is 83.0 Å². The summed E-state index contributed by atoms with van der Waals surface area (Å²) < 4.78 is 11.9. The molecule has 0 aliphatic carbocycles. The van der Waals surface area contributed by atoms with Crippen molar-refractivity contribution in [3.8, 4) is 0 Å². The highest BCUT2D eigenvalue weighted by atomic mass is 29.3. The molecule has 0 fully saturated rings. The van der Waals surface area contributed by atoms with Crippen molar-refractivity contribution >= 4 is 35.2 Å². The second-order valence-corrected chi connectivity index (χ2v) is 19.9. The van der Waals surface area contributed by atoms with Gasteiger partial charge in [-0.15, -0.1) is 0 Å². The van der Waals surface area contributed by atoms with Crippen molar-refractivity contribution in [2.45, 2.75) is 39.3 Å². The van der Waals surface area contributed by atoms with Crippen LogP contribution in [0.1, 0.15) is 0 Å². The van der Waals surface area contributed by atoms with E-state index in [2.05, 4.69) is 39.3 Å². The maximum atomic E-state index is 6.09. The molecule has 0 N–H and O–H groups in total. The minimum Gasteiger partial charge on any atom is -0.463 e. The fraction of sp³-hybridized carbons (Fsp3) is 1.00. The Kier molecular flexibility index (Phi) is 5.86. The van der Waals surface area contributed by atoms with Gasteiger partial charge >= 0.3 is 0 Å². The molecule has 0 amide bonds. The molecule has 0 aliphatic rings. The van der Waals surface area contributed by atoms with Crippen LogP contribution in [0.25, 0.3) is 0 Å². The monoisotopic (exact) mass is 238 g/mol. The van der Waals surface area contributed by atoms with Gasteiger partial charge in [-0.2, -0.15) is 0 Å². The first kappa shape index (κ1) is 12.8. The molecule has 0 aromatic heterocycles. The van der Waals surface area contributed by atoms with E-state index in [-0.39, 0.29) is 9.76 Å². The first-order chi connectivity index (χ1) is 5.40. The van der Waals surface area contributed by atoms with Crippen LogP contribution < -0.4 is 0 Å². The van der Waals surface area contributed by atoms with Crippen molar-refractivity contribution in [2.24, 2.45) is 0 Å². The second-order valence-electron chi connectivity index (χ2n) is 3.87. The summed E-state index contributed by atoms with van der Waals surface area (Å²) in [5, 5.41) is 0. The quantitative estimate of drug-likeness (QED) is 0.659. The van der Waals surface area contributed by atoms with Gasteiger partial charge in [-0.05, 0) is 32.7 Å². The Hall–Kier alpha value is 0.788. The SMILES string of the molecule is C[SiH2]O[SiH](C)[Si](C)(C)O[SiH](C)C. The van der Waals surface area contributed by atoms with Gasteiger partial charge in [-0.3, -0.25) is 0 Å². The van der Waals surface area contributed by atoms with Crippen molar-refractivity contribution < 1.29 is 8.23 Å². The Bertz CT molecular complexity index is 129. The Balaban J connectivity index is 3.99. The van der Waals surface area contributed by atoms with Gasteiger partial charge in [0.15, 0.2) is 25.4 Å². The van der Waals surface area contributed by atoms with E-state index in [1.807, 2.05) is 0 Å². The van der Waals surface area contributed by atoms with E-state index in [1.165, 1.54) is 0 Å². The van der Waals surface area contributed by atoms with Crippen molar-refractivity contribution in [2.75, 3.05) is 0 Å². The lowest BCUT2D eigenvalue weighted by Crippen LogP contribution is -2.51. The predicted molar refractivity (Wildman–Crippen MR) is 66.0 cm³/mol. The highest BCUT2D eigenvalue weighted by Crippen LogP contribution is 2.11. The highest BCUT2D eigenvalue weighted by Gasteiger charge is 2.32. The zero-order valence-corrected chi connectivity index (χ0v) is 13.9. The lowest BCUT2D eigenvalue weighted by molar-refractivity contribution is 0.568. The molecule has 0 radical (unpaired) electrons. The molecular formula is C6H22O2Si4. The molecule has 0 heterocycles. The van der Waals surface area contributed by atoms with E-state index < -0.39 is 25.4 Å². The van der Waals surface area contributed by atoms with Gasteiger partial charge in [0, 0.05) is 0 Å². The summed E-state index contributed by atoms with van der Waals surface area (Å²) in [6.45, 7) is 13.7. The van der Waals surface area contributed by atoms with Crippen molar-refractivity contribution in [3.05, 3.63) is 0 Å². The van der Waals surface area contributed by atoms with Gasteiger partial charge in [0.05, 0.1) is 0 Å². The van der Waals surface area contributed by atoms with Crippen LogP contribution in [0.3, 0.4) is 0 Å². The minimum atomic E-state index is -1.38. The second kappa shape index (κ2) is 5.50. The van der Waals surface area contributed by atoms with Gasteiger partial charge in [-0.1, -0.05) is 6.55 Å². The van der Waals surface area contributed by atoms with E-state index in [9.17, 15) is 0 Å². The maximum Gasteiger partial charge on any atom is 0.187 e. The highest BCUT2D eigenvalue weighted by molar-refractivity contribution is 7.28. The van der Waals surface area contributed by atoms with Crippen molar-refractivity contribution in [1.29, 1.82) is 0 Å². The molecule has 0 aliphatic heterocycles. The number of hydrogen-bond acceptors (Lipinski definition) is 2. The third-order valence-electron chi connectivity index (χ3n) is 1.94. The molecule has 2 nitrogen and oxygen atoms in total. The maximum absolute atomic E-state index is 6.09. The van der Waals surface area contributed by atoms with Crippen molar-refractivity contribution in [1.82, 2.24) is 0 Å². The molecule has 0 aromatic rings. The average molecular weight is 239 g/mol. The third kappa shape index (κ3) is 4.73. The van der Waals surface area contributed by atoms with Gasteiger partial charge in [0.2, 0.25) is 0 Å². The molecule has 1 atom stereocenters. The number of rotatable bonds is 5. The zero-order chi connectivity index (χ0) is 9.78. The molecule has 0 saturated heterocycles. The van der Waals surface area contributed by atoms with E-state index in [4.69, 9.17) is 8.23 Å². The van der Waals surface area contributed by atoms with E-state index in [0.29, 0.717) is 0 Å². The first-order valence-corrected chi connectivity index (χ1v) is 15.8. The molecule has 0 rings (SSSR count). The smallest absolute Gasteiger partial charge is 0.187 e. The summed E-state index contributed by atoms with van der Waals surface area (Å²) in [7, 11) is -3.39. The first-order valence-electron chi connectivity index (χ1n) is 4.69. The minimum absolute atomic E-state index is 0.215. The van der Waals surface area contributed by atoms with Crippen LogP contribution >= 0.6 is 0 Å². The van der Waals surface area contributed by atoms with Crippen LogP contribution in [-0.2, 0) is 8.23 Å². The fourth-order valence-corrected chi connectivity index (χ4v) is 19.7. The molecule has 0 spiro atoms. The lowest BCUT2D eigenvalue weighted by atomic mass is 11.9. The van der Waals surface area contributed by atoms with Crippen LogP contribution in [-0.4, -0.2) is 35.2 Å².